The Kier molecular flexibility index (Phi) is 57.2. The molecule has 9 nitrogen and oxygen atoms in total. The summed E-state index contributed by atoms with van der Waals surface area (Å²) in [7, 11) is 5.90. The first-order valence-electron chi connectivity index (χ1n) is 31.6. The summed E-state index contributed by atoms with van der Waals surface area (Å²) < 4.78 is 22.6. The van der Waals surface area contributed by atoms with E-state index in [0.29, 0.717) is 23.9 Å². The van der Waals surface area contributed by atoms with Crippen molar-refractivity contribution in [3.05, 3.63) is 158 Å². The van der Waals surface area contributed by atoms with E-state index in [0.717, 1.165) is 109 Å². The maximum absolute atomic E-state index is 12.9. The van der Waals surface area contributed by atoms with Gasteiger partial charge in [-0.05, 0) is 116 Å². The number of hydrogen-bond donors (Lipinski definition) is 0. The minimum atomic E-state index is -1.64. The molecule has 0 aromatic heterocycles. The van der Waals surface area contributed by atoms with Crippen molar-refractivity contribution in [2.45, 2.75) is 232 Å². The molecule has 0 aliphatic rings. The average Bonchev–Trinajstić information content (AvgIpc) is 3.44. The Balaban J connectivity index is 4.17. The Hall–Kier alpha value is -5.09. The van der Waals surface area contributed by atoms with Crippen LogP contribution in [0.15, 0.2) is 158 Å². The van der Waals surface area contributed by atoms with Crippen LogP contribution < -0.4 is 5.11 Å². The van der Waals surface area contributed by atoms with Crippen LogP contribution in [0.2, 0.25) is 0 Å². The van der Waals surface area contributed by atoms with E-state index in [2.05, 4.69) is 172 Å². The fourth-order valence-corrected chi connectivity index (χ4v) is 8.00. The fourth-order valence-electron chi connectivity index (χ4n) is 8.00. The van der Waals surface area contributed by atoms with Crippen molar-refractivity contribution < 1.29 is 42.9 Å². The zero-order valence-corrected chi connectivity index (χ0v) is 51.8. The molecule has 0 heterocycles. The minimum Gasteiger partial charge on any atom is -0.545 e. The number of quaternary nitrogens is 1. The van der Waals surface area contributed by atoms with Gasteiger partial charge in [-0.15, -0.1) is 0 Å². The van der Waals surface area contributed by atoms with Gasteiger partial charge in [-0.3, -0.25) is 9.59 Å². The smallest absolute Gasteiger partial charge is 0.306 e. The number of carbonyl (C=O) groups is 3. The molecule has 2 atom stereocenters. The zero-order valence-electron chi connectivity index (χ0n) is 51.8. The van der Waals surface area contributed by atoms with Gasteiger partial charge in [0.05, 0.1) is 40.3 Å². The van der Waals surface area contributed by atoms with Crippen molar-refractivity contribution in [2.24, 2.45) is 0 Å². The molecule has 0 radical (unpaired) electrons. The van der Waals surface area contributed by atoms with E-state index in [9.17, 15) is 19.5 Å². The van der Waals surface area contributed by atoms with Crippen LogP contribution in [0.25, 0.3) is 0 Å². The predicted octanol–water partition coefficient (Wildman–Crippen LogP) is 18.0. The van der Waals surface area contributed by atoms with E-state index in [-0.39, 0.29) is 32.7 Å². The Bertz CT molecular complexity index is 1880. The van der Waals surface area contributed by atoms with Gasteiger partial charge >= 0.3 is 11.9 Å². The normalized spacial score (nSPS) is 13.8. The molecular weight excluding hydrogens is 1010 g/mol. The number of rotatable bonds is 56. The molecule has 0 aromatic carbocycles. The van der Waals surface area contributed by atoms with E-state index in [4.69, 9.17) is 18.9 Å². The molecule has 0 saturated heterocycles. The highest BCUT2D eigenvalue weighted by Crippen LogP contribution is 2.15. The van der Waals surface area contributed by atoms with Crippen LogP contribution in [-0.4, -0.2) is 82.3 Å². The van der Waals surface area contributed by atoms with Crippen LogP contribution in [0.3, 0.4) is 0 Å². The number of hydrogen-bond acceptors (Lipinski definition) is 8. The monoisotopic (exact) mass is 1120 g/mol. The lowest BCUT2D eigenvalue weighted by atomic mass is 10.0. The number of likely N-dealkylation sites (N-methyl/N-ethyl adjacent to an activating group) is 1. The third kappa shape index (κ3) is 62.4. The molecule has 9 heteroatoms. The van der Waals surface area contributed by atoms with E-state index < -0.39 is 30.3 Å². The van der Waals surface area contributed by atoms with Crippen molar-refractivity contribution >= 4 is 17.9 Å². The molecule has 2 unspecified atom stereocenters. The first-order chi connectivity index (χ1) is 39.6. The lowest BCUT2D eigenvalue weighted by Crippen LogP contribution is -2.44. The van der Waals surface area contributed by atoms with Crippen LogP contribution >= 0.6 is 0 Å². The average molecular weight is 1120 g/mol. The zero-order chi connectivity index (χ0) is 59.1. The summed E-state index contributed by atoms with van der Waals surface area (Å²) in [5.74, 6) is -2.38. The van der Waals surface area contributed by atoms with Gasteiger partial charge in [-0.1, -0.05) is 249 Å². The molecule has 0 fully saturated rings. The molecule has 0 amide bonds. The Morgan fingerprint density at radius 1 is 0.370 bits per heavy atom. The predicted molar refractivity (Wildman–Crippen MR) is 342 cm³/mol. The van der Waals surface area contributed by atoms with Crippen molar-refractivity contribution in [2.75, 3.05) is 47.5 Å². The molecule has 0 aliphatic carbocycles. The van der Waals surface area contributed by atoms with Crippen LogP contribution in [0, 0.1) is 0 Å². The van der Waals surface area contributed by atoms with E-state index in [1.807, 2.05) is 21.1 Å². The third-order valence-electron chi connectivity index (χ3n) is 12.8. The fraction of sp³-hybridized carbons (Fsp3) is 0.597. The van der Waals surface area contributed by atoms with Crippen molar-refractivity contribution in [3.63, 3.8) is 0 Å². The molecule has 0 saturated carbocycles. The second-order valence-electron chi connectivity index (χ2n) is 21.6. The van der Waals surface area contributed by atoms with Gasteiger partial charge in [0.1, 0.15) is 13.2 Å². The summed E-state index contributed by atoms with van der Waals surface area (Å²) in [4.78, 5) is 37.3. The second-order valence-corrected chi connectivity index (χ2v) is 21.6. The summed E-state index contributed by atoms with van der Waals surface area (Å²) in [6.07, 6.45) is 87.5. The maximum Gasteiger partial charge on any atom is 0.306 e. The number of allylic oxidation sites excluding steroid dienone is 26. The minimum absolute atomic E-state index is 0.131. The molecular formula is C72H115NO8. The molecule has 0 bridgehead atoms. The lowest BCUT2D eigenvalue weighted by molar-refractivity contribution is -0.870. The first kappa shape index (κ1) is 75.9. The SMILES string of the molecule is CC/C=C\C/C=C\C/C=C\C/C=C\C/C=C\C/C=C\C/C=C\C/C=C\CCCCCCCCCCCCCCCCC(=O)OC(COC(=O)CCC/C=C\C/C=C\C/C=C\C/C=C\C/C=C\CC)COC(OCC[N+](C)(C)C)C(=O)[O-]. The van der Waals surface area contributed by atoms with Gasteiger partial charge in [0.15, 0.2) is 12.4 Å². The van der Waals surface area contributed by atoms with E-state index in [1.165, 1.54) is 70.6 Å². The van der Waals surface area contributed by atoms with Gasteiger partial charge in [-0.25, -0.2) is 0 Å². The molecule has 0 aromatic rings. The van der Waals surface area contributed by atoms with Gasteiger partial charge in [-0.2, -0.15) is 0 Å². The van der Waals surface area contributed by atoms with E-state index in [1.54, 1.807) is 0 Å². The maximum atomic E-state index is 12.9. The highest BCUT2D eigenvalue weighted by atomic mass is 16.7. The van der Waals surface area contributed by atoms with Gasteiger partial charge in [0.25, 0.3) is 0 Å². The number of carbonyl (C=O) groups excluding carboxylic acids is 3. The van der Waals surface area contributed by atoms with Crippen LogP contribution in [0.4, 0.5) is 0 Å². The number of ether oxygens (including phenoxy) is 4. The standard InChI is InChI=1S/C72H115NO8/c1-6-8-10-12-14-16-18-20-22-24-25-26-27-28-29-30-31-32-33-34-35-36-37-38-39-40-41-42-43-44-45-47-49-51-53-55-57-59-61-63-70(75)81-68(67-80-72(71(76)77)78-65-64-73(3,4)5)66-79-69(74)62-60-58-56-54-52-50-48-46-23-21-19-17-15-13-11-9-7-2/h8-11,14-17,20-23,25-26,28-29,31-32,34-35,37-38,48,50,54,56,68,72H,6-7,12-13,18-19,24,27,30,33,36,39-47,49,51-53,55,57-67H2,1-5H3/b10-8-,11-9-,16-14-,17-15-,22-20-,23-21-,26-25-,29-28-,32-31-,35-34-,38-37-,50-48-,56-54-. The quantitative estimate of drug-likeness (QED) is 0.0195. The number of aliphatic carboxylic acids is 1. The van der Waals surface area contributed by atoms with Gasteiger partial charge < -0.3 is 33.3 Å². The van der Waals surface area contributed by atoms with Crippen LogP contribution in [-0.2, 0) is 33.3 Å². The number of esters is 2. The van der Waals surface area contributed by atoms with Crippen molar-refractivity contribution in [1.29, 1.82) is 0 Å². The third-order valence-corrected chi connectivity index (χ3v) is 12.8. The molecule has 0 spiro atoms. The lowest BCUT2D eigenvalue weighted by Gasteiger charge is -2.26. The van der Waals surface area contributed by atoms with Crippen molar-refractivity contribution in [1.82, 2.24) is 0 Å². The number of unbranched alkanes of at least 4 members (excludes halogenated alkanes) is 15. The molecule has 0 aliphatic heterocycles. The number of carboxylic acid groups (broad SMARTS) is 1. The van der Waals surface area contributed by atoms with Crippen LogP contribution in [0.1, 0.15) is 219 Å². The Morgan fingerprint density at radius 3 is 1.02 bits per heavy atom. The van der Waals surface area contributed by atoms with E-state index >= 15 is 0 Å². The first-order valence-corrected chi connectivity index (χ1v) is 31.6. The molecule has 0 N–H and O–H groups in total. The summed E-state index contributed by atoms with van der Waals surface area (Å²) in [5.41, 5.74) is 0. The summed E-state index contributed by atoms with van der Waals surface area (Å²) in [5, 5.41) is 11.8. The topological polar surface area (TPSA) is 111 Å². The van der Waals surface area contributed by atoms with Gasteiger partial charge in [0.2, 0.25) is 0 Å². The number of carboxylic acids is 1. The van der Waals surface area contributed by atoms with Crippen molar-refractivity contribution in [3.8, 4) is 0 Å². The Morgan fingerprint density at radius 2 is 0.679 bits per heavy atom. The highest BCUT2D eigenvalue weighted by Gasteiger charge is 2.22. The molecule has 456 valence electrons. The Labute approximate surface area is 495 Å². The number of nitrogens with zero attached hydrogens (tertiary/aromatic N) is 1. The summed E-state index contributed by atoms with van der Waals surface area (Å²) >= 11 is 0. The second kappa shape index (κ2) is 61.0. The summed E-state index contributed by atoms with van der Waals surface area (Å²) in [6.45, 7) is 4.43. The van der Waals surface area contributed by atoms with Crippen LogP contribution in [0.5, 0.6) is 0 Å². The summed E-state index contributed by atoms with van der Waals surface area (Å²) in [6, 6.07) is 0. The van der Waals surface area contributed by atoms with Gasteiger partial charge in [0, 0.05) is 12.8 Å². The highest BCUT2D eigenvalue weighted by molar-refractivity contribution is 5.70. The molecule has 0 rings (SSSR count). The molecule has 81 heavy (non-hydrogen) atoms. The largest absolute Gasteiger partial charge is 0.545 e.